The van der Waals surface area contributed by atoms with Crippen LogP contribution in [0.15, 0.2) is 23.1 Å². The molecule has 0 aromatic heterocycles. The molecule has 0 bridgehead atoms. The molecule has 0 spiro atoms. The molecule has 0 unspecified atom stereocenters. The van der Waals surface area contributed by atoms with Crippen molar-refractivity contribution in [3.63, 3.8) is 0 Å². The van der Waals surface area contributed by atoms with Gasteiger partial charge >= 0.3 is 0 Å². The zero-order valence-electron chi connectivity index (χ0n) is 12.4. The molecular formula is C15H20FNO3S. The van der Waals surface area contributed by atoms with E-state index in [1.54, 1.807) is 0 Å². The maximum absolute atomic E-state index is 13.9. The third-order valence-corrected chi connectivity index (χ3v) is 4.67. The van der Waals surface area contributed by atoms with Crippen molar-refractivity contribution in [3.8, 4) is 11.8 Å². The molecule has 0 saturated heterocycles. The lowest BCUT2D eigenvalue weighted by molar-refractivity contribution is 0.350. The van der Waals surface area contributed by atoms with Crippen molar-refractivity contribution in [2.24, 2.45) is 5.41 Å². The summed E-state index contributed by atoms with van der Waals surface area (Å²) in [5, 5.41) is 8.58. The molecule has 0 aliphatic carbocycles. The fraction of sp³-hybridized carbons (Fsp3) is 0.467. The molecule has 0 aliphatic rings. The van der Waals surface area contributed by atoms with Gasteiger partial charge in [0, 0.05) is 12.1 Å². The van der Waals surface area contributed by atoms with Crippen LogP contribution in [0.25, 0.3) is 0 Å². The van der Waals surface area contributed by atoms with Crippen LogP contribution in [0, 0.1) is 23.1 Å². The summed E-state index contributed by atoms with van der Waals surface area (Å²) in [6.07, 6.45) is 0.799. The zero-order chi connectivity index (χ0) is 16.1. The van der Waals surface area contributed by atoms with Crippen LogP contribution in [0.5, 0.6) is 0 Å². The largest absolute Gasteiger partial charge is 0.384 e. The Labute approximate surface area is 125 Å². The van der Waals surface area contributed by atoms with Gasteiger partial charge in [-0.05, 0) is 30.0 Å². The highest BCUT2D eigenvalue weighted by Gasteiger charge is 2.23. The topological polar surface area (TPSA) is 66.4 Å². The van der Waals surface area contributed by atoms with E-state index in [4.69, 9.17) is 5.11 Å². The van der Waals surface area contributed by atoms with Crippen molar-refractivity contribution in [2.75, 3.05) is 13.2 Å². The first-order valence-electron chi connectivity index (χ1n) is 6.61. The molecule has 2 N–H and O–H groups in total. The summed E-state index contributed by atoms with van der Waals surface area (Å²) in [6.45, 7) is 5.72. The molecule has 1 aromatic rings. The smallest absolute Gasteiger partial charge is 0.243 e. The predicted molar refractivity (Wildman–Crippen MR) is 79.6 cm³/mol. The summed E-state index contributed by atoms with van der Waals surface area (Å²) < 4.78 is 40.6. The van der Waals surface area contributed by atoms with E-state index >= 15 is 0 Å². The van der Waals surface area contributed by atoms with Crippen LogP contribution in [0.1, 0.15) is 32.8 Å². The lowest BCUT2D eigenvalue weighted by Gasteiger charge is -2.22. The lowest BCUT2D eigenvalue weighted by atomic mass is 9.91. The molecule has 0 saturated carbocycles. The summed E-state index contributed by atoms with van der Waals surface area (Å²) in [6, 6.07) is 3.63. The number of nitrogens with one attached hydrogen (secondary N) is 1. The van der Waals surface area contributed by atoms with Gasteiger partial charge in [0.1, 0.15) is 17.3 Å². The van der Waals surface area contributed by atoms with Gasteiger partial charge in [0.15, 0.2) is 0 Å². The summed E-state index contributed by atoms with van der Waals surface area (Å²) in [5.41, 5.74) is 0.116. The van der Waals surface area contributed by atoms with Crippen LogP contribution in [0.2, 0.25) is 0 Å². The molecule has 0 amide bonds. The average molecular weight is 313 g/mol. The van der Waals surface area contributed by atoms with E-state index in [0.717, 1.165) is 12.5 Å². The fourth-order valence-corrected chi connectivity index (χ4v) is 2.73. The van der Waals surface area contributed by atoms with Gasteiger partial charge in [-0.15, -0.1) is 0 Å². The van der Waals surface area contributed by atoms with Crippen LogP contribution in [-0.2, 0) is 10.0 Å². The summed E-state index contributed by atoms with van der Waals surface area (Å²) in [4.78, 5) is -0.399. The summed E-state index contributed by atoms with van der Waals surface area (Å²) in [5.74, 6) is 4.04. The minimum Gasteiger partial charge on any atom is -0.384 e. The highest BCUT2D eigenvalue weighted by Crippen LogP contribution is 2.20. The maximum atomic E-state index is 13.9. The van der Waals surface area contributed by atoms with Gasteiger partial charge in [0.25, 0.3) is 0 Å². The van der Waals surface area contributed by atoms with Gasteiger partial charge in [-0.1, -0.05) is 32.6 Å². The predicted octanol–water partition coefficient (Wildman–Crippen LogP) is 1.88. The molecule has 0 aliphatic heterocycles. The van der Waals surface area contributed by atoms with E-state index in [-0.39, 0.29) is 18.6 Å². The molecule has 4 nitrogen and oxygen atoms in total. The number of hydrogen-bond acceptors (Lipinski definition) is 3. The van der Waals surface area contributed by atoms with Crippen LogP contribution >= 0.6 is 0 Å². The van der Waals surface area contributed by atoms with E-state index in [1.807, 2.05) is 20.8 Å². The SMILES string of the molecule is CCC(C)(C)CNS(=O)(=O)c1ccc(C#CCO)cc1F. The molecule has 1 rings (SSSR count). The van der Waals surface area contributed by atoms with Crippen LogP contribution in [-0.4, -0.2) is 26.7 Å². The highest BCUT2D eigenvalue weighted by atomic mass is 32.2. The molecular weight excluding hydrogens is 293 g/mol. The Morgan fingerprint density at radius 3 is 2.57 bits per heavy atom. The maximum Gasteiger partial charge on any atom is 0.243 e. The molecule has 116 valence electrons. The first-order chi connectivity index (χ1) is 9.72. The van der Waals surface area contributed by atoms with Crippen molar-refractivity contribution in [3.05, 3.63) is 29.6 Å². The van der Waals surface area contributed by atoms with E-state index in [9.17, 15) is 12.8 Å². The fourth-order valence-electron chi connectivity index (χ4n) is 1.43. The van der Waals surface area contributed by atoms with Gasteiger partial charge in [-0.3, -0.25) is 0 Å². The monoisotopic (exact) mass is 313 g/mol. The zero-order valence-corrected chi connectivity index (χ0v) is 13.2. The number of halogens is 1. The minimum absolute atomic E-state index is 0.198. The van der Waals surface area contributed by atoms with Gasteiger partial charge < -0.3 is 5.11 Å². The number of aliphatic hydroxyl groups is 1. The number of sulfonamides is 1. The van der Waals surface area contributed by atoms with Gasteiger partial charge in [0.05, 0.1) is 0 Å². The quantitative estimate of drug-likeness (QED) is 0.816. The van der Waals surface area contributed by atoms with Crippen molar-refractivity contribution in [1.29, 1.82) is 0 Å². The van der Waals surface area contributed by atoms with Crippen molar-refractivity contribution < 1.29 is 17.9 Å². The number of hydrogen-bond donors (Lipinski definition) is 2. The van der Waals surface area contributed by atoms with Crippen LogP contribution < -0.4 is 4.72 Å². The van der Waals surface area contributed by atoms with Crippen LogP contribution in [0.3, 0.4) is 0 Å². The Morgan fingerprint density at radius 2 is 2.05 bits per heavy atom. The Kier molecular flexibility index (Phi) is 5.90. The second kappa shape index (κ2) is 7.03. The van der Waals surface area contributed by atoms with E-state index in [1.165, 1.54) is 12.1 Å². The normalized spacial score (nSPS) is 11.9. The molecule has 0 atom stereocenters. The summed E-state index contributed by atoms with van der Waals surface area (Å²) in [7, 11) is -3.89. The summed E-state index contributed by atoms with van der Waals surface area (Å²) >= 11 is 0. The second-order valence-electron chi connectivity index (χ2n) is 5.45. The first kappa shape index (κ1) is 17.6. The lowest BCUT2D eigenvalue weighted by Crippen LogP contribution is -2.34. The molecule has 0 heterocycles. The van der Waals surface area contributed by atoms with Crippen molar-refractivity contribution in [2.45, 2.75) is 32.1 Å². The van der Waals surface area contributed by atoms with E-state index in [2.05, 4.69) is 16.6 Å². The molecule has 1 aromatic carbocycles. The Balaban J connectivity index is 2.99. The second-order valence-corrected chi connectivity index (χ2v) is 7.18. The molecule has 21 heavy (non-hydrogen) atoms. The minimum atomic E-state index is -3.89. The molecule has 0 radical (unpaired) electrons. The molecule has 6 heteroatoms. The Bertz CT molecular complexity index is 657. The highest BCUT2D eigenvalue weighted by molar-refractivity contribution is 7.89. The Hall–Kier alpha value is -1.42. The van der Waals surface area contributed by atoms with E-state index in [0.29, 0.717) is 5.56 Å². The van der Waals surface area contributed by atoms with Crippen molar-refractivity contribution >= 4 is 10.0 Å². The van der Waals surface area contributed by atoms with Gasteiger partial charge in [0.2, 0.25) is 10.0 Å². The van der Waals surface area contributed by atoms with Gasteiger partial charge in [-0.2, -0.15) is 0 Å². The van der Waals surface area contributed by atoms with E-state index < -0.39 is 20.7 Å². The average Bonchev–Trinajstić information content (AvgIpc) is 2.43. The third-order valence-electron chi connectivity index (χ3n) is 3.23. The first-order valence-corrected chi connectivity index (χ1v) is 8.09. The standard InChI is InChI=1S/C15H20FNO3S/c1-4-15(2,3)11-17-21(19,20)14-8-7-12(6-5-9-18)10-13(14)16/h7-8,10,17-18H,4,9,11H2,1-3H3. The number of benzene rings is 1. The number of rotatable bonds is 5. The molecule has 0 fully saturated rings. The number of aliphatic hydroxyl groups excluding tert-OH is 1. The van der Waals surface area contributed by atoms with Crippen molar-refractivity contribution in [1.82, 2.24) is 4.72 Å². The third kappa shape index (κ3) is 5.12. The van der Waals surface area contributed by atoms with Gasteiger partial charge in [-0.25, -0.2) is 17.5 Å². The Morgan fingerprint density at radius 1 is 1.38 bits per heavy atom. The van der Waals surface area contributed by atoms with Crippen LogP contribution in [0.4, 0.5) is 4.39 Å².